The number of aryl methyl sites for hydroxylation is 1. The molecule has 1 atom stereocenters. The van der Waals surface area contributed by atoms with Crippen LogP contribution in [0.5, 0.6) is 5.88 Å². The van der Waals surface area contributed by atoms with Crippen molar-refractivity contribution in [3.05, 3.63) is 58.0 Å². The number of ketones is 1. The number of rotatable bonds is 8. The van der Waals surface area contributed by atoms with Gasteiger partial charge in [-0.05, 0) is 72.8 Å². The van der Waals surface area contributed by atoms with Crippen molar-refractivity contribution < 1.29 is 28.2 Å². The van der Waals surface area contributed by atoms with E-state index in [-0.39, 0.29) is 47.1 Å². The third kappa shape index (κ3) is 5.30. The average Bonchev–Trinajstić information content (AvgIpc) is 3.19. The third-order valence-electron chi connectivity index (χ3n) is 8.63. The largest absolute Gasteiger partial charge is 0.481 e. The van der Waals surface area contributed by atoms with E-state index in [0.29, 0.717) is 55.8 Å². The van der Waals surface area contributed by atoms with Crippen LogP contribution in [0.3, 0.4) is 0 Å². The van der Waals surface area contributed by atoms with E-state index in [1.807, 2.05) is 26.0 Å². The summed E-state index contributed by atoms with van der Waals surface area (Å²) in [5.74, 6) is -0.376. The van der Waals surface area contributed by atoms with Crippen molar-refractivity contribution in [1.29, 1.82) is 0 Å². The fraction of sp³-hybridized carbons (Fsp3) is 0.548. The van der Waals surface area contributed by atoms with Gasteiger partial charge in [0.2, 0.25) is 11.8 Å². The molecule has 0 saturated heterocycles. The number of esters is 1. The van der Waals surface area contributed by atoms with Crippen LogP contribution >= 0.6 is 0 Å². The topological polar surface area (TPSA) is 85.8 Å². The third-order valence-corrected chi connectivity index (χ3v) is 8.63. The Hall–Kier alpha value is -3.29. The molecule has 8 heteroatoms. The molecule has 39 heavy (non-hydrogen) atoms. The smallest absolute Gasteiger partial charge is 0.306 e. The number of pyridine rings is 1. The summed E-state index contributed by atoms with van der Waals surface area (Å²) >= 11 is 0. The molecule has 1 fully saturated rings. The molecule has 2 aromatic rings. The van der Waals surface area contributed by atoms with E-state index in [9.17, 15) is 14.4 Å². The summed E-state index contributed by atoms with van der Waals surface area (Å²) in [6.45, 7) is 6.59. The second kappa shape index (κ2) is 10.7. The number of Topliss-reactive ketones (excluding diaryl/α,β-unsaturated/α-hetero) is 1. The molecule has 208 valence electrons. The highest BCUT2D eigenvalue weighted by molar-refractivity contribution is 5.93. The molecule has 0 N–H and O–H groups in total. The first-order valence-corrected chi connectivity index (χ1v) is 14.0. The minimum Gasteiger partial charge on any atom is -0.481 e. The average molecular weight is 537 g/mol. The molecule has 1 aromatic heterocycles. The van der Waals surface area contributed by atoms with Crippen molar-refractivity contribution in [3.63, 3.8) is 0 Å². The van der Waals surface area contributed by atoms with E-state index >= 15 is 4.39 Å². The highest BCUT2D eigenvalue weighted by Gasteiger charge is 2.43. The number of carbonyl (C=O) groups is 3. The van der Waals surface area contributed by atoms with Crippen LogP contribution < -0.4 is 4.74 Å². The predicted octanol–water partition coefficient (Wildman–Crippen LogP) is 4.67. The number of halogens is 1. The summed E-state index contributed by atoms with van der Waals surface area (Å²) in [5.41, 5.74) is 3.57. The molecule has 7 nitrogen and oxygen atoms in total. The van der Waals surface area contributed by atoms with Crippen molar-refractivity contribution in [2.45, 2.75) is 77.2 Å². The van der Waals surface area contributed by atoms with Gasteiger partial charge in [-0.3, -0.25) is 14.4 Å². The summed E-state index contributed by atoms with van der Waals surface area (Å²) < 4.78 is 25.5. The Bertz CT molecular complexity index is 1300. The molecular weight excluding hydrogens is 499 g/mol. The highest BCUT2D eigenvalue weighted by Crippen LogP contribution is 2.42. The molecule has 0 spiro atoms. The van der Waals surface area contributed by atoms with Crippen molar-refractivity contribution in [3.8, 4) is 5.88 Å². The van der Waals surface area contributed by atoms with E-state index in [1.54, 1.807) is 25.0 Å². The Morgan fingerprint density at radius 1 is 1.15 bits per heavy atom. The second-order valence-electron chi connectivity index (χ2n) is 11.8. The van der Waals surface area contributed by atoms with Crippen LogP contribution in [0.15, 0.2) is 24.3 Å². The molecule has 5 rings (SSSR count). The molecule has 3 aliphatic rings. The molecule has 1 amide bonds. The van der Waals surface area contributed by atoms with Crippen LogP contribution in [0.2, 0.25) is 0 Å². The summed E-state index contributed by atoms with van der Waals surface area (Å²) in [5, 5.41) is 0. The molecule has 0 radical (unpaired) electrons. The maximum atomic E-state index is 15.2. The number of carbonyl (C=O) groups excluding carboxylic acids is 3. The summed E-state index contributed by atoms with van der Waals surface area (Å²) in [7, 11) is 1.54. The van der Waals surface area contributed by atoms with Gasteiger partial charge in [-0.2, -0.15) is 0 Å². The van der Waals surface area contributed by atoms with E-state index in [2.05, 4.69) is 4.98 Å². The van der Waals surface area contributed by atoms with Gasteiger partial charge in [-0.15, -0.1) is 0 Å². The molecule has 0 bridgehead atoms. The molecule has 0 unspecified atom stereocenters. The monoisotopic (exact) mass is 536 g/mol. The van der Waals surface area contributed by atoms with Gasteiger partial charge in [0.25, 0.3) is 0 Å². The van der Waals surface area contributed by atoms with Crippen molar-refractivity contribution in [2.75, 3.05) is 20.3 Å². The zero-order chi connectivity index (χ0) is 27.9. The summed E-state index contributed by atoms with van der Waals surface area (Å²) in [4.78, 5) is 45.7. The second-order valence-corrected chi connectivity index (χ2v) is 11.8. The lowest BCUT2D eigenvalue weighted by Crippen LogP contribution is -2.49. The number of amides is 1. The summed E-state index contributed by atoms with van der Waals surface area (Å²) in [6, 6.07) is 6.18. The number of nitrogens with zero attached hydrogens (tertiary/aromatic N) is 2. The fourth-order valence-corrected chi connectivity index (χ4v) is 6.61. The first kappa shape index (κ1) is 27.3. The standard InChI is InChI=1S/C31H37FN2O5/c1-5-39-27(36)17-18-13-21(14-18)30(37)34-11-9-24-22(6-7-26(33-24)38-4)29(34)25(35)16-19-12-20-8-10-31(2,3)28(20)23(32)15-19/h6-7,12,15,18,21,29H,5,8-11,13-14,16-17H2,1-4H3/t18?,21?,29-/m1/s1. The first-order valence-electron chi connectivity index (χ1n) is 14.0. The quantitative estimate of drug-likeness (QED) is 0.456. The van der Waals surface area contributed by atoms with Gasteiger partial charge >= 0.3 is 5.97 Å². The van der Waals surface area contributed by atoms with E-state index < -0.39 is 6.04 Å². The highest BCUT2D eigenvalue weighted by atomic mass is 19.1. The minimum atomic E-state index is -0.795. The van der Waals surface area contributed by atoms with Crippen LogP contribution in [-0.4, -0.2) is 47.8 Å². The molecular formula is C31H37FN2O5. The predicted molar refractivity (Wildman–Crippen MR) is 143 cm³/mol. The van der Waals surface area contributed by atoms with Crippen molar-refractivity contribution in [2.24, 2.45) is 11.8 Å². The Balaban J connectivity index is 1.38. The lowest BCUT2D eigenvalue weighted by Gasteiger charge is -2.42. The number of aromatic nitrogens is 1. The Kier molecular flexibility index (Phi) is 7.49. The lowest BCUT2D eigenvalue weighted by atomic mass is 9.72. The molecule has 1 saturated carbocycles. The normalized spacial score (nSPS) is 22.9. The molecule has 1 aliphatic heterocycles. The van der Waals surface area contributed by atoms with Crippen LogP contribution in [0, 0.1) is 17.7 Å². The zero-order valence-corrected chi connectivity index (χ0v) is 23.2. The Labute approximate surface area is 229 Å². The van der Waals surface area contributed by atoms with Gasteiger partial charge in [0.15, 0.2) is 5.78 Å². The number of methoxy groups -OCH3 is 1. The number of hydrogen-bond acceptors (Lipinski definition) is 6. The number of hydrogen-bond donors (Lipinski definition) is 0. The Morgan fingerprint density at radius 3 is 2.64 bits per heavy atom. The van der Waals surface area contributed by atoms with Gasteiger partial charge in [-0.1, -0.05) is 19.9 Å². The number of benzene rings is 1. The molecule has 2 heterocycles. The van der Waals surface area contributed by atoms with Crippen LogP contribution in [0.1, 0.15) is 80.4 Å². The van der Waals surface area contributed by atoms with Crippen LogP contribution in [0.4, 0.5) is 4.39 Å². The summed E-state index contributed by atoms with van der Waals surface area (Å²) in [6.07, 6.45) is 3.73. The lowest BCUT2D eigenvalue weighted by molar-refractivity contribution is -0.151. The van der Waals surface area contributed by atoms with Crippen LogP contribution in [0.25, 0.3) is 0 Å². The minimum absolute atomic E-state index is 0.0285. The van der Waals surface area contributed by atoms with E-state index in [1.165, 1.54) is 6.07 Å². The van der Waals surface area contributed by atoms with Crippen molar-refractivity contribution >= 4 is 17.7 Å². The van der Waals surface area contributed by atoms with Gasteiger partial charge in [0.05, 0.1) is 19.4 Å². The van der Waals surface area contributed by atoms with Gasteiger partial charge in [0.1, 0.15) is 11.9 Å². The molecule has 1 aromatic carbocycles. The van der Waals surface area contributed by atoms with Crippen molar-refractivity contribution in [1.82, 2.24) is 9.88 Å². The zero-order valence-electron chi connectivity index (χ0n) is 23.2. The van der Waals surface area contributed by atoms with Gasteiger partial charge in [0, 0.05) is 43.4 Å². The number of fused-ring (bicyclic) bond motifs is 2. The van der Waals surface area contributed by atoms with Gasteiger partial charge < -0.3 is 14.4 Å². The van der Waals surface area contributed by atoms with E-state index in [4.69, 9.17) is 9.47 Å². The van der Waals surface area contributed by atoms with E-state index in [0.717, 1.165) is 29.7 Å². The Morgan fingerprint density at radius 2 is 1.92 bits per heavy atom. The maximum absolute atomic E-state index is 15.2. The van der Waals surface area contributed by atoms with Crippen LogP contribution in [-0.2, 0) is 43.8 Å². The van der Waals surface area contributed by atoms with Gasteiger partial charge in [-0.25, -0.2) is 9.37 Å². The number of ether oxygens (including phenoxy) is 2. The SMILES string of the molecule is CCOC(=O)CC1CC(C(=O)N2CCc3nc(OC)ccc3[C@@H]2C(=O)Cc2cc(F)c3c(c2)CCC3(C)C)C1. The maximum Gasteiger partial charge on any atom is 0.306 e. The first-order chi connectivity index (χ1) is 18.6. The fourth-order valence-electron chi connectivity index (χ4n) is 6.61. The molecule has 2 aliphatic carbocycles.